The molecule has 0 aliphatic carbocycles. The minimum Gasteiger partial charge on any atom is -0.506 e. The molecular weight excluding hydrogens is 614 g/mol. The molecule has 0 bridgehead atoms. The van der Waals surface area contributed by atoms with E-state index in [-0.39, 0.29) is 10.8 Å². The summed E-state index contributed by atoms with van der Waals surface area (Å²) < 4.78 is 5.69. The number of hydrogen-bond donors (Lipinski definition) is 1. The molecule has 37 heavy (non-hydrogen) atoms. The van der Waals surface area contributed by atoms with Gasteiger partial charge >= 0.3 is 0 Å². The zero-order valence-electron chi connectivity index (χ0n) is 20.7. The molecule has 0 spiro atoms. The number of aryl methyl sites for hydroxylation is 2. The molecule has 0 aliphatic heterocycles. The maximum atomic E-state index is 8.85. The Kier molecular flexibility index (Phi) is 14.3. The monoisotopic (exact) mass is 640 g/mol. The number of ether oxygens (including phenoxy) is 1. The van der Waals surface area contributed by atoms with E-state index < -0.39 is 0 Å². The summed E-state index contributed by atoms with van der Waals surface area (Å²) in [6.45, 7) is 4.82. The van der Waals surface area contributed by atoms with Gasteiger partial charge in [-0.15, -0.1) is 0 Å². The standard InChI is InChI=1S/C15H14Cl2O.C9H11Br.C6H4Cl2O/c1-2-11-4-3-5-12(8-11)10-18-15-7-6-13(16)9-14(15)17;1-2-8-4-3-5-9(6-8)7-10;7-4-1-2-6(9)5(8)3-4/h3-9H,2,10H2,1H3;3-6H,2,7H2,1H3;1-3,9H. The van der Waals surface area contributed by atoms with Gasteiger partial charge in [-0.3, -0.25) is 0 Å². The number of rotatable bonds is 6. The van der Waals surface area contributed by atoms with Crippen LogP contribution in [0.4, 0.5) is 0 Å². The van der Waals surface area contributed by atoms with Crippen LogP contribution < -0.4 is 4.74 Å². The molecule has 0 saturated heterocycles. The summed E-state index contributed by atoms with van der Waals surface area (Å²) in [5.41, 5.74) is 5.22. The van der Waals surface area contributed by atoms with E-state index in [1.807, 2.05) is 12.1 Å². The zero-order valence-corrected chi connectivity index (χ0v) is 25.3. The van der Waals surface area contributed by atoms with Crippen molar-refractivity contribution in [1.29, 1.82) is 0 Å². The molecule has 0 fully saturated rings. The molecule has 196 valence electrons. The number of phenolic OH excluding ortho intramolecular Hbond substituents is 1. The van der Waals surface area contributed by atoms with Crippen LogP contribution in [0.25, 0.3) is 0 Å². The van der Waals surface area contributed by atoms with E-state index in [2.05, 4.69) is 66.2 Å². The lowest BCUT2D eigenvalue weighted by Crippen LogP contribution is -1.96. The van der Waals surface area contributed by atoms with E-state index in [0.717, 1.165) is 23.7 Å². The number of benzene rings is 4. The average Bonchev–Trinajstić information content (AvgIpc) is 2.91. The van der Waals surface area contributed by atoms with Gasteiger partial charge in [0.05, 0.1) is 10.0 Å². The van der Waals surface area contributed by atoms with Crippen molar-refractivity contribution in [2.75, 3.05) is 0 Å². The molecule has 0 amide bonds. The number of alkyl halides is 1. The molecule has 7 heteroatoms. The summed E-state index contributed by atoms with van der Waals surface area (Å²) in [4.78, 5) is 0. The van der Waals surface area contributed by atoms with Crippen LogP contribution in [-0.2, 0) is 24.8 Å². The fourth-order valence-electron chi connectivity index (χ4n) is 3.11. The lowest BCUT2D eigenvalue weighted by Gasteiger charge is -2.09. The Morgan fingerprint density at radius 1 is 0.649 bits per heavy atom. The zero-order chi connectivity index (χ0) is 27.2. The maximum absolute atomic E-state index is 8.85. The van der Waals surface area contributed by atoms with Gasteiger partial charge in [-0.05, 0) is 71.5 Å². The van der Waals surface area contributed by atoms with Crippen molar-refractivity contribution in [3.63, 3.8) is 0 Å². The largest absolute Gasteiger partial charge is 0.506 e. The van der Waals surface area contributed by atoms with E-state index in [9.17, 15) is 0 Å². The highest BCUT2D eigenvalue weighted by atomic mass is 79.9. The Bertz CT molecular complexity index is 1240. The SMILES string of the molecule is CCc1cccc(CBr)c1.CCc1cccc(COc2ccc(Cl)cc2Cl)c1.Oc1ccc(Cl)cc1Cl. The van der Waals surface area contributed by atoms with Gasteiger partial charge in [0, 0.05) is 15.4 Å². The first-order valence-electron chi connectivity index (χ1n) is 11.7. The molecule has 0 heterocycles. The third kappa shape index (κ3) is 11.6. The highest BCUT2D eigenvalue weighted by Crippen LogP contribution is 2.28. The average molecular weight is 643 g/mol. The maximum Gasteiger partial charge on any atom is 0.138 e. The molecule has 2 nitrogen and oxygen atoms in total. The fourth-order valence-corrected chi connectivity index (χ4v) is 4.33. The normalized spacial score (nSPS) is 10.0. The minimum absolute atomic E-state index is 0.0565. The summed E-state index contributed by atoms with van der Waals surface area (Å²) in [5, 5.41) is 11.8. The Morgan fingerprint density at radius 3 is 1.68 bits per heavy atom. The summed E-state index contributed by atoms with van der Waals surface area (Å²) in [5.74, 6) is 0.712. The van der Waals surface area contributed by atoms with Crippen molar-refractivity contribution in [3.05, 3.63) is 127 Å². The molecule has 0 unspecified atom stereocenters. The van der Waals surface area contributed by atoms with Crippen molar-refractivity contribution in [2.45, 2.75) is 38.6 Å². The Hall–Kier alpha value is -1.88. The lowest BCUT2D eigenvalue weighted by atomic mass is 10.1. The fraction of sp³-hybridized carbons (Fsp3) is 0.200. The van der Waals surface area contributed by atoms with Crippen molar-refractivity contribution in [3.8, 4) is 11.5 Å². The predicted octanol–water partition coefficient (Wildman–Crippen LogP) is 11.0. The predicted molar refractivity (Wildman–Crippen MR) is 163 cm³/mol. The van der Waals surface area contributed by atoms with Gasteiger partial charge in [0.2, 0.25) is 0 Å². The number of hydrogen-bond acceptors (Lipinski definition) is 2. The van der Waals surface area contributed by atoms with E-state index in [0.29, 0.717) is 27.4 Å². The second-order valence-electron chi connectivity index (χ2n) is 7.94. The number of phenols is 1. The highest BCUT2D eigenvalue weighted by molar-refractivity contribution is 9.08. The second-order valence-corrected chi connectivity index (χ2v) is 10.2. The van der Waals surface area contributed by atoms with Gasteiger partial charge in [0.25, 0.3) is 0 Å². The van der Waals surface area contributed by atoms with Crippen LogP contribution in [0.15, 0.2) is 84.9 Å². The number of aromatic hydroxyl groups is 1. The summed E-state index contributed by atoms with van der Waals surface area (Å²) in [6, 6.07) is 26.7. The van der Waals surface area contributed by atoms with Crippen LogP contribution in [0.1, 0.15) is 36.1 Å². The minimum atomic E-state index is 0.0565. The first kappa shape index (κ1) is 31.3. The highest BCUT2D eigenvalue weighted by Gasteiger charge is 2.03. The molecule has 0 atom stereocenters. The molecular formula is C30H29BrCl4O2. The van der Waals surface area contributed by atoms with Crippen molar-refractivity contribution in [2.24, 2.45) is 0 Å². The van der Waals surface area contributed by atoms with Crippen LogP contribution in [-0.4, -0.2) is 5.11 Å². The second kappa shape index (κ2) is 16.9. The van der Waals surface area contributed by atoms with Gasteiger partial charge in [-0.25, -0.2) is 0 Å². The van der Waals surface area contributed by atoms with E-state index in [1.54, 1.807) is 24.3 Å². The Labute approximate surface area is 248 Å². The van der Waals surface area contributed by atoms with Gasteiger partial charge < -0.3 is 9.84 Å². The van der Waals surface area contributed by atoms with Crippen molar-refractivity contribution in [1.82, 2.24) is 0 Å². The molecule has 4 rings (SSSR count). The van der Waals surface area contributed by atoms with Crippen LogP contribution in [0.5, 0.6) is 11.5 Å². The molecule has 0 saturated carbocycles. The van der Waals surface area contributed by atoms with Gasteiger partial charge in [0.15, 0.2) is 0 Å². The third-order valence-corrected chi connectivity index (χ3v) is 6.87. The molecule has 4 aromatic rings. The van der Waals surface area contributed by atoms with E-state index in [4.69, 9.17) is 56.2 Å². The van der Waals surface area contributed by atoms with E-state index >= 15 is 0 Å². The number of halogens is 5. The summed E-state index contributed by atoms with van der Waals surface area (Å²) >= 11 is 26.3. The topological polar surface area (TPSA) is 29.5 Å². The van der Waals surface area contributed by atoms with Gasteiger partial charge in [-0.1, -0.05) is 125 Å². The molecule has 4 aromatic carbocycles. The molecule has 0 aliphatic rings. The molecule has 0 aromatic heterocycles. The lowest BCUT2D eigenvalue weighted by molar-refractivity contribution is 0.306. The van der Waals surface area contributed by atoms with Crippen LogP contribution in [0.2, 0.25) is 20.1 Å². The first-order chi connectivity index (χ1) is 17.7. The van der Waals surface area contributed by atoms with Crippen LogP contribution in [0, 0.1) is 0 Å². The van der Waals surface area contributed by atoms with E-state index in [1.165, 1.54) is 28.8 Å². The van der Waals surface area contributed by atoms with Gasteiger partial charge in [-0.2, -0.15) is 0 Å². The Morgan fingerprint density at radius 2 is 1.16 bits per heavy atom. The van der Waals surface area contributed by atoms with Crippen LogP contribution >= 0.6 is 62.3 Å². The summed E-state index contributed by atoms with van der Waals surface area (Å²) in [7, 11) is 0. The first-order valence-corrected chi connectivity index (χ1v) is 14.3. The quantitative estimate of drug-likeness (QED) is 0.212. The third-order valence-electron chi connectivity index (χ3n) is 5.15. The van der Waals surface area contributed by atoms with Crippen molar-refractivity contribution >= 4 is 62.3 Å². The van der Waals surface area contributed by atoms with Crippen LogP contribution in [0.3, 0.4) is 0 Å². The smallest absolute Gasteiger partial charge is 0.138 e. The molecule has 0 radical (unpaired) electrons. The Balaban J connectivity index is 0.000000214. The van der Waals surface area contributed by atoms with Gasteiger partial charge in [0.1, 0.15) is 18.1 Å². The summed E-state index contributed by atoms with van der Waals surface area (Å²) in [6.07, 6.45) is 2.15. The molecule has 1 N–H and O–H groups in total. The van der Waals surface area contributed by atoms with Crippen molar-refractivity contribution < 1.29 is 9.84 Å².